The van der Waals surface area contributed by atoms with Crippen molar-refractivity contribution in [2.24, 2.45) is 5.92 Å². The summed E-state index contributed by atoms with van der Waals surface area (Å²) in [6.45, 7) is 4.06. The van der Waals surface area contributed by atoms with E-state index in [0.717, 1.165) is 24.5 Å². The summed E-state index contributed by atoms with van der Waals surface area (Å²) in [6.07, 6.45) is 3.33. The fraction of sp³-hybridized carbons (Fsp3) is 0.387. The zero-order valence-corrected chi connectivity index (χ0v) is 24.1. The molecule has 2 unspecified atom stereocenters. The van der Waals surface area contributed by atoms with Gasteiger partial charge in [-0.1, -0.05) is 36.4 Å². The van der Waals surface area contributed by atoms with Gasteiger partial charge in [-0.15, -0.1) is 0 Å². The Labute approximate surface area is 250 Å². The van der Waals surface area contributed by atoms with Crippen molar-refractivity contribution in [1.29, 1.82) is 5.41 Å². The van der Waals surface area contributed by atoms with Crippen LogP contribution in [0.25, 0.3) is 0 Å². The van der Waals surface area contributed by atoms with Crippen molar-refractivity contribution in [1.82, 2.24) is 25.8 Å². The highest BCUT2D eigenvalue weighted by Crippen LogP contribution is 2.32. The number of nitrogens with one attached hydrogen (secondary N) is 5. The number of carbonyl (C=O) groups excluding carboxylic acids is 4. The van der Waals surface area contributed by atoms with Gasteiger partial charge in [-0.3, -0.25) is 29.4 Å². The summed E-state index contributed by atoms with van der Waals surface area (Å²) < 4.78 is 5.85. The van der Waals surface area contributed by atoms with Crippen LogP contribution >= 0.6 is 0 Å². The number of piperidine rings is 1. The summed E-state index contributed by atoms with van der Waals surface area (Å²) >= 11 is 0. The van der Waals surface area contributed by atoms with Crippen LogP contribution in [0.4, 0.5) is 5.69 Å². The van der Waals surface area contributed by atoms with Crippen molar-refractivity contribution < 1.29 is 23.9 Å². The average Bonchev–Trinajstić information content (AvgIpc) is 3.25. The Morgan fingerprint density at radius 1 is 1.07 bits per heavy atom. The standard InChI is InChI=1S/C31H37N7O5/c1-33-22(16-32)17-35-28(20-6-3-2-4-7-20)21-18-37(19-21)13-15-43-14-12-34-24-9-5-8-23-27(24)31(42)38(30(23)41)25-10-11-26(39)36-29(25)40/h2-9,16-17,21,25,28,32-35H,10-15,18-19H2,1H3,(H,36,39,40)/b22-17+,32-16?. The quantitative estimate of drug-likeness (QED) is 0.126. The number of likely N-dealkylation sites (tertiary alicyclic amines) is 1. The first-order valence-electron chi connectivity index (χ1n) is 14.5. The maximum Gasteiger partial charge on any atom is 0.264 e. The Morgan fingerprint density at radius 3 is 2.58 bits per heavy atom. The fourth-order valence-electron chi connectivity index (χ4n) is 5.75. The largest absolute Gasteiger partial charge is 0.386 e. The second kappa shape index (κ2) is 13.6. The van der Waals surface area contributed by atoms with Gasteiger partial charge in [0.25, 0.3) is 11.8 Å². The van der Waals surface area contributed by atoms with Crippen LogP contribution in [-0.2, 0) is 14.3 Å². The van der Waals surface area contributed by atoms with Crippen LogP contribution in [0, 0.1) is 11.3 Å². The first kappa shape index (κ1) is 29.9. The van der Waals surface area contributed by atoms with E-state index < -0.39 is 29.7 Å². The van der Waals surface area contributed by atoms with Crippen LogP contribution in [-0.4, -0.2) is 92.1 Å². The molecule has 0 bridgehead atoms. The molecule has 4 amide bonds. The first-order valence-corrected chi connectivity index (χ1v) is 14.5. The lowest BCUT2D eigenvalue weighted by molar-refractivity contribution is -0.136. The number of anilines is 1. The molecule has 0 saturated carbocycles. The maximum absolute atomic E-state index is 13.2. The molecule has 3 heterocycles. The predicted molar refractivity (Wildman–Crippen MR) is 161 cm³/mol. The third-order valence-electron chi connectivity index (χ3n) is 8.06. The number of amides is 4. The Balaban J connectivity index is 1.07. The molecule has 43 heavy (non-hydrogen) atoms. The van der Waals surface area contributed by atoms with Gasteiger partial charge in [-0.25, -0.2) is 0 Å². The van der Waals surface area contributed by atoms with E-state index in [1.54, 1.807) is 25.2 Å². The van der Waals surface area contributed by atoms with Crippen LogP contribution in [0.1, 0.15) is 45.2 Å². The van der Waals surface area contributed by atoms with Gasteiger partial charge in [-0.2, -0.15) is 0 Å². The van der Waals surface area contributed by atoms with E-state index in [-0.39, 0.29) is 30.0 Å². The van der Waals surface area contributed by atoms with Crippen molar-refractivity contribution in [2.45, 2.75) is 24.9 Å². The molecule has 2 saturated heterocycles. The molecule has 0 aromatic heterocycles. The monoisotopic (exact) mass is 587 g/mol. The molecule has 2 aromatic carbocycles. The van der Waals surface area contributed by atoms with E-state index in [4.69, 9.17) is 10.1 Å². The third-order valence-corrected chi connectivity index (χ3v) is 8.06. The Morgan fingerprint density at radius 2 is 1.86 bits per heavy atom. The molecule has 0 aliphatic carbocycles. The molecule has 12 nitrogen and oxygen atoms in total. The minimum absolute atomic E-state index is 0.0786. The number of hydrogen-bond donors (Lipinski definition) is 5. The molecule has 2 atom stereocenters. The molecule has 0 radical (unpaired) electrons. The Bertz CT molecular complexity index is 1410. The number of carbonyl (C=O) groups is 4. The zero-order chi connectivity index (χ0) is 30.3. The molecule has 2 aromatic rings. The average molecular weight is 588 g/mol. The van der Waals surface area contributed by atoms with Crippen molar-refractivity contribution >= 4 is 35.5 Å². The second-order valence-electron chi connectivity index (χ2n) is 10.8. The van der Waals surface area contributed by atoms with E-state index >= 15 is 0 Å². The maximum atomic E-state index is 13.2. The molecular weight excluding hydrogens is 550 g/mol. The van der Waals surface area contributed by atoms with Crippen LogP contribution < -0.4 is 21.3 Å². The number of nitrogens with zero attached hydrogens (tertiary/aromatic N) is 2. The summed E-state index contributed by atoms with van der Waals surface area (Å²) in [4.78, 5) is 53.4. The number of imide groups is 2. The third kappa shape index (κ3) is 6.60. The molecule has 5 rings (SSSR count). The molecular formula is C31H37N7O5. The van der Waals surface area contributed by atoms with Gasteiger partial charge in [0.1, 0.15) is 6.04 Å². The van der Waals surface area contributed by atoms with E-state index in [9.17, 15) is 19.2 Å². The normalized spacial score (nSPS) is 19.9. The SMILES string of the molecule is CN/C(C=N)=C/NC(c1ccccc1)C1CN(CCOCCNc2cccc3c2C(=O)N(C2CCC(=O)NC2=O)C3=O)C1. The van der Waals surface area contributed by atoms with Crippen LogP contribution in [0.5, 0.6) is 0 Å². The number of allylic oxidation sites excluding steroid dienone is 1. The highest BCUT2D eigenvalue weighted by Gasteiger charge is 2.45. The summed E-state index contributed by atoms with van der Waals surface area (Å²) in [5.74, 6) is -1.68. The molecule has 12 heteroatoms. The summed E-state index contributed by atoms with van der Waals surface area (Å²) in [5, 5.41) is 19.4. The molecule has 3 aliphatic heterocycles. The van der Waals surface area contributed by atoms with E-state index in [1.165, 1.54) is 11.8 Å². The highest BCUT2D eigenvalue weighted by atomic mass is 16.5. The topological polar surface area (TPSA) is 156 Å². The zero-order valence-electron chi connectivity index (χ0n) is 24.1. The van der Waals surface area contributed by atoms with Gasteiger partial charge in [0, 0.05) is 63.7 Å². The molecule has 3 aliphatic rings. The smallest absolute Gasteiger partial charge is 0.264 e. The Kier molecular flexibility index (Phi) is 9.48. The number of rotatable bonds is 14. The Hall–Kier alpha value is -4.55. The van der Waals surface area contributed by atoms with Gasteiger partial charge < -0.3 is 31.0 Å². The van der Waals surface area contributed by atoms with Crippen LogP contribution in [0.2, 0.25) is 0 Å². The summed E-state index contributed by atoms with van der Waals surface area (Å²) in [7, 11) is 1.79. The van der Waals surface area contributed by atoms with Crippen molar-refractivity contribution in [3.63, 3.8) is 0 Å². The predicted octanol–water partition coefficient (Wildman–Crippen LogP) is 1.49. The van der Waals surface area contributed by atoms with Crippen LogP contribution in [0.15, 0.2) is 60.4 Å². The van der Waals surface area contributed by atoms with Gasteiger partial charge >= 0.3 is 0 Å². The van der Waals surface area contributed by atoms with Crippen molar-refractivity contribution in [3.05, 3.63) is 77.1 Å². The van der Waals surface area contributed by atoms with Gasteiger partial charge in [0.05, 0.1) is 36.1 Å². The van der Waals surface area contributed by atoms with Gasteiger partial charge in [0.2, 0.25) is 11.8 Å². The number of ether oxygens (including phenoxy) is 1. The second-order valence-corrected chi connectivity index (χ2v) is 10.8. The minimum atomic E-state index is -0.995. The van der Waals surface area contributed by atoms with Crippen molar-refractivity contribution in [2.75, 3.05) is 51.8 Å². The first-order chi connectivity index (χ1) is 20.9. The molecule has 226 valence electrons. The lowest BCUT2D eigenvalue weighted by atomic mass is 9.87. The fourth-order valence-corrected chi connectivity index (χ4v) is 5.75. The van der Waals surface area contributed by atoms with E-state index in [0.29, 0.717) is 37.1 Å². The lowest BCUT2D eigenvalue weighted by Crippen LogP contribution is -2.54. The van der Waals surface area contributed by atoms with Gasteiger partial charge in [-0.05, 0) is 24.1 Å². The molecule has 0 spiro atoms. The minimum Gasteiger partial charge on any atom is -0.386 e. The van der Waals surface area contributed by atoms with E-state index in [2.05, 4.69) is 38.3 Å². The number of hydrogen-bond acceptors (Lipinski definition) is 10. The van der Waals surface area contributed by atoms with Gasteiger partial charge in [0.15, 0.2) is 0 Å². The number of fused-ring (bicyclic) bond motifs is 1. The summed E-state index contributed by atoms with van der Waals surface area (Å²) in [5.41, 5.74) is 2.91. The number of benzene rings is 2. The van der Waals surface area contributed by atoms with Crippen molar-refractivity contribution in [3.8, 4) is 0 Å². The highest BCUT2D eigenvalue weighted by molar-refractivity contribution is 6.25. The molecule has 5 N–H and O–H groups in total. The van der Waals surface area contributed by atoms with E-state index in [1.807, 2.05) is 24.4 Å². The summed E-state index contributed by atoms with van der Waals surface area (Å²) in [6, 6.07) is 14.4. The lowest BCUT2D eigenvalue weighted by Gasteiger charge is -2.43. The van der Waals surface area contributed by atoms with Crippen LogP contribution in [0.3, 0.4) is 0 Å². The molecule has 2 fully saturated rings.